The lowest BCUT2D eigenvalue weighted by Gasteiger charge is -2.25. The second-order valence-corrected chi connectivity index (χ2v) is 4.95. The summed E-state index contributed by atoms with van der Waals surface area (Å²) in [6.45, 7) is 2.80. The number of thioether (sulfide) groups is 1. The molecule has 0 fully saturated rings. The summed E-state index contributed by atoms with van der Waals surface area (Å²) >= 11 is 1.82. The Hall–Kier alpha value is -0.940. The minimum absolute atomic E-state index is 0.214. The highest BCUT2D eigenvalue weighted by atomic mass is 32.2. The average Bonchev–Trinajstić information content (AvgIpc) is 2.74. The fourth-order valence-corrected chi connectivity index (χ4v) is 2.57. The Morgan fingerprint density at radius 2 is 2.35 bits per heavy atom. The third-order valence-corrected chi connectivity index (χ3v) is 3.48. The van der Waals surface area contributed by atoms with Crippen LogP contribution in [-0.4, -0.2) is 41.1 Å². The molecule has 0 aliphatic rings. The van der Waals surface area contributed by atoms with Crippen LogP contribution in [0.25, 0.3) is 0 Å². The van der Waals surface area contributed by atoms with Gasteiger partial charge in [0.25, 0.3) is 0 Å². The van der Waals surface area contributed by atoms with Crippen LogP contribution in [0.2, 0.25) is 0 Å². The molecule has 1 atom stereocenters. The van der Waals surface area contributed by atoms with Crippen molar-refractivity contribution in [3.05, 3.63) is 23.7 Å². The third kappa shape index (κ3) is 4.09. The Labute approximate surface area is 106 Å². The SMILES string of the molecule is CCC(CSC)N(C)Cc1cc(C(=O)O)co1. The van der Waals surface area contributed by atoms with E-state index in [1.165, 1.54) is 6.26 Å². The highest BCUT2D eigenvalue weighted by Gasteiger charge is 2.15. The van der Waals surface area contributed by atoms with Crippen molar-refractivity contribution < 1.29 is 14.3 Å². The van der Waals surface area contributed by atoms with E-state index in [0.29, 0.717) is 18.3 Å². The van der Waals surface area contributed by atoms with E-state index < -0.39 is 5.97 Å². The zero-order valence-electron chi connectivity index (χ0n) is 10.5. The van der Waals surface area contributed by atoms with Crippen molar-refractivity contribution in [1.82, 2.24) is 4.90 Å². The first-order chi connectivity index (χ1) is 8.08. The Balaban J connectivity index is 2.59. The van der Waals surface area contributed by atoms with Crippen molar-refractivity contribution in [3.8, 4) is 0 Å². The van der Waals surface area contributed by atoms with Crippen LogP contribution in [-0.2, 0) is 6.54 Å². The van der Waals surface area contributed by atoms with Gasteiger partial charge in [-0.3, -0.25) is 4.90 Å². The number of furan rings is 1. The van der Waals surface area contributed by atoms with Crippen LogP contribution in [0.4, 0.5) is 0 Å². The molecule has 0 aliphatic carbocycles. The van der Waals surface area contributed by atoms with E-state index in [0.717, 1.165) is 12.2 Å². The molecule has 0 aliphatic heterocycles. The van der Waals surface area contributed by atoms with E-state index in [-0.39, 0.29) is 5.56 Å². The smallest absolute Gasteiger partial charge is 0.338 e. The molecule has 1 aromatic rings. The highest BCUT2D eigenvalue weighted by molar-refractivity contribution is 7.98. The maximum atomic E-state index is 10.7. The minimum atomic E-state index is -0.946. The molecule has 0 saturated carbocycles. The number of hydrogen-bond donors (Lipinski definition) is 1. The van der Waals surface area contributed by atoms with E-state index in [9.17, 15) is 4.79 Å². The number of nitrogens with zero attached hydrogens (tertiary/aromatic N) is 1. The Morgan fingerprint density at radius 3 is 2.82 bits per heavy atom. The molecule has 0 aromatic carbocycles. The topological polar surface area (TPSA) is 53.7 Å². The second kappa shape index (κ2) is 6.71. The highest BCUT2D eigenvalue weighted by Crippen LogP contribution is 2.14. The molecular weight excluding hydrogens is 238 g/mol. The average molecular weight is 257 g/mol. The first-order valence-electron chi connectivity index (χ1n) is 5.58. The van der Waals surface area contributed by atoms with Gasteiger partial charge in [0.15, 0.2) is 0 Å². The number of hydrogen-bond acceptors (Lipinski definition) is 4. The summed E-state index contributed by atoms with van der Waals surface area (Å²) in [6.07, 6.45) is 4.46. The number of rotatable bonds is 7. The molecule has 0 saturated heterocycles. The Kier molecular flexibility index (Phi) is 5.58. The minimum Gasteiger partial charge on any atom is -0.478 e. The molecule has 0 bridgehead atoms. The molecule has 0 radical (unpaired) electrons. The number of carbonyl (C=O) groups is 1. The van der Waals surface area contributed by atoms with Gasteiger partial charge in [0.2, 0.25) is 0 Å². The maximum Gasteiger partial charge on any atom is 0.338 e. The van der Waals surface area contributed by atoms with Crippen molar-refractivity contribution >= 4 is 17.7 Å². The number of carboxylic acid groups (broad SMARTS) is 1. The van der Waals surface area contributed by atoms with E-state index >= 15 is 0 Å². The predicted octanol–water partition coefficient (Wildman–Crippen LogP) is 2.55. The van der Waals surface area contributed by atoms with Gasteiger partial charge in [-0.2, -0.15) is 11.8 Å². The molecule has 96 valence electrons. The van der Waals surface area contributed by atoms with Crippen molar-refractivity contribution in [2.75, 3.05) is 19.1 Å². The van der Waals surface area contributed by atoms with Gasteiger partial charge in [0.05, 0.1) is 12.1 Å². The molecule has 1 N–H and O–H groups in total. The molecule has 4 nitrogen and oxygen atoms in total. The zero-order valence-corrected chi connectivity index (χ0v) is 11.3. The standard InChI is InChI=1S/C12H19NO3S/c1-4-10(8-17-3)13(2)6-11-5-9(7-16-11)12(14)15/h5,7,10H,4,6,8H2,1-3H3,(H,14,15). The molecule has 1 heterocycles. The largest absolute Gasteiger partial charge is 0.478 e. The van der Waals surface area contributed by atoms with Gasteiger partial charge in [-0.25, -0.2) is 4.79 Å². The van der Waals surface area contributed by atoms with Crippen molar-refractivity contribution in [2.24, 2.45) is 0 Å². The van der Waals surface area contributed by atoms with E-state index in [1.807, 2.05) is 18.8 Å². The number of aromatic carboxylic acids is 1. The summed E-state index contributed by atoms with van der Waals surface area (Å²) in [5.41, 5.74) is 0.214. The molecular formula is C12H19NO3S. The van der Waals surface area contributed by atoms with E-state index in [1.54, 1.807) is 6.07 Å². The predicted molar refractivity (Wildman–Crippen MR) is 69.6 cm³/mol. The van der Waals surface area contributed by atoms with Gasteiger partial charge in [-0.1, -0.05) is 6.92 Å². The maximum absolute atomic E-state index is 10.7. The summed E-state index contributed by atoms with van der Waals surface area (Å²) in [6, 6.07) is 2.08. The van der Waals surface area contributed by atoms with Crippen LogP contribution in [0.1, 0.15) is 29.5 Å². The Morgan fingerprint density at radius 1 is 1.65 bits per heavy atom. The quantitative estimate of drug-likeness (QED) is 0.813. The van der Waals surface area contributed by atoms with Crippen LogP contribution in [0.3, 0.4) is 0 Å². The fourth-order valence-electron chi connectivity index (χ4n) is 1.70. The molecule has 17 heavy (non-hydrogen) atoms. The van der Waals surface area contributed by atoms with Gasteiger partial charge in [0.1, 0.15) is 12.0 Å². The molecule has 0 spiro atoms. The lowest BCUT2D eigenvalue weighted by atomic mass is 10.2. The van der Waals surface area contributed by atoms with Crippen LogP contribution < -0.4 is 0 Å². The van der Waals surface area contributed by atoms with Crippen LogP contribution in [0.5, 0.6) is 0 Å². The second-order valence-electron chi connectivity index (χ2n) is 4.04. The van der Waals surface area contributed by atoms with Crippen LogP contribution >= 0.6 is 11.8 Å². The van der Waals surface area contributed by atoms with Gasteiger partial charge < -0.3 is 9.52 Å². The molecule has 1 rings (SSSR count). The molecule has 1 aromatic heterocycles. The summed E-state index contributed by atoms with van der Waals surface area (Å²) in [7, 11) is 2.04. The van der Waals surface area contributed by atoms with Gasteiger partial charge >= 0.3 is 5.97 Å². The van der Waals surface area contributed by atoms with Gasteiger partial charge in [0, 0.05) is 11.8 Å². The Bertz CT molecular complexity index is 364. The first-order valence-corrected chi connectivity index (χ1v) is 6.97. The van der Waals surface area contributed by atoms with Gasteiger partial charge in [-0.15, -0.1) is 0 Å². The lowest BCUT2D eigenvalue weighted by Crippen LogP contribution is -2.32. The van der Waals surface area contributed by atoms with Crippen molar-refractivity contribution in [2.45, 2.75) is 25.9 Å². The monoisotopic (exact) mass is 257 g/mol. The molecule has 0 amide bonds. The lowest BCUT2D eigenvalue weighted by molar-refractivity contribution is 0.0696. The van der Waals surface area contributed by atoms with Crippen LogP contribution in [0, 0.1) is 0 Å². The van der Waals surface area contributed by atoms with Crippen molar-refractivity contribution in [1.29, 1.82) is 0 Å². The van der Waals surface area contributed by atoms with E-state index in [4.69, 9.17) is 9.52 Å². The first kappa shape index (κ1) is 14.1. The third-order valence-electron chi connectivity index (χ3n) is 2.76. The van der Waals surface area contributed by atoms with Crippen molar-refractivity contribution in [3.63, 3.8) is 0 Å². The number of carboxylic acids is 1. The van der Waals surface area contributed by atoms with Gasteiger partial charge in [-0.05, 0) is 25.8 Å². The summed E-state index contributed by atoms with van der Waals surface area (Å²) < 4.78 is 5.24. The summed E-state index contributed by atoms with van der Waals surface area (Å²) in [5.74, 6) is 0.822. The summed E-state index contributed by atoms with van der Waals surface area (Å²) in [5, 5.41) is 8.79. The van der Waals surface area contributed by atoms with E-state index in [2.05, 4.69) is 18.1 Å². The fraction of sp³-hybridized carbons (Fsp3) is 0.583. The summed E-state index contributed by atoms with van der Waals surface area (Å²) in [4.78, 5) is 12.9. The molecule has 1 unspecified atom stereocenters. The normalized spacial score (nSPS) is 12.9. The molecule has 5 heteroatoms. The van der Waals surface area contributed by atoms with Crippen LogP contribution in [0.15, 0.2) is 16.7 Å². The zero-order chi connectivity index (χ0) is 12.8.